The summed E-state index contributed by atoms with van der Waals surface area (Å²) in [6, 6.07) is 7.35. The lowest BCUT2D eigenvalue weighted by Crippen LogP contribution is -2.44. The van der Waals surface area contributed by atoms with Crippen LogP contribution < -0.4 is 11.1 Å². The van der Waals surface area contributed by atoms with Crippen molar-refractivity contribution in [1.29, 1.82) is 0 Å². The Balaban J connectivity index is 1.54. The summed E-state index contributed by atoms with van der Waals surface area (Å²) in [5, 5.41) is 5.89. The summed E-state index contributed by atoms with van der Waals surface area (Å²) < 4.78 is 1.43. The number of benzene rings is 1. The first-order chi connectivity index (χ1) is 15.4. The van der Waals surface area contributed by atoms with Gasteiger partial charge in [-0.25, -0.2) is 9.67 Å². The van der Waals surface area contributed by atoms with Crippen LogP contribution in [0.1, 0.15) is 55.4 Å². The fraction of sp³-hybridized carbons (Fsp3) is 0.458. The highest BCUT2D eigenvalue weighted by Crippen LogP contribution is 2.35. The molecule has 2 aliphatic heterocycles. The molecule has 166 valence electrons. The second kappa shape index (κ2) is 7.69. The molecule has 1 aromatic carbocycles. The second-order valence-electron chi connectivity index (χ2n) is 8.89. The number of nitrogens with one attached hydrogen (secondary N) is 1. The SMILES string of the molecule is CCn1nc([C@H](C)C(=O)N2[C@H]3CC[C@H]2Cc2c(nc(C)[nH]c2=O)C3)c2ccccc2c1=O. The molecule has 1 fully saturated rings. The highest BCUT2D eigenvalue weighted by molar-refractivity contribution is 5.91. The lowest BCUT2D eigenvalue weighted by Gasteiger charge is -2.31. The minimum Gasteiger partial charge on any atom is -0.335 e. The summed E-state index contributed by atoms with van der Waals surface area (Å²) in [6.45, 7) is 5.97. The largest absolute Gasteiger partial charge is 0.335 e. The van der Waals surface area contributed by atoms with E-state index >= 15 is 0 Å². The van der Waals surface area contributed by atoms with E-state index in [0.717, 1.165) is 23.9 Å². The smallest absolute Gasteiger partial charge is 0.274 e. The summed E-state index contributed by atoms with van der Waals surface area (Å²) >= 11 is 0. The minimum atomic E-state index is -0.504. The van der Waals surface area contributed by atoms with Crippen molar-refractivity contribution in [3.05, 3.63) is 67.7 Å². The van der Waals surface area contributed by atoms with E-state index in [4.69, 9.17) is 0 Å². The molecule has 1 saturated heterocycles. The standard InChI is InChI=1S/C24H27N5O3/c1-4-28-24(32)18-8-6-5-7-17(18)21(27-28)13(2)23(31)29-15-9-10-16(29)12-20-19(11-15)22(30)26-14(3)25-20/h5-8,13,15-16H,4,9-12H2,1-3H3,(H,25,26,30)/t13-,15-,16-/m0/s1. The topological polar surface area (TPSA) is 101 Å². The first-order valence-electron chi connectivity index (χ1n) is 11.3. The number of rotatable bonds is 3. The van der Waals surface area contributed by atoms with E-state index < -0.39 is 5.92 Å². The van der Waals surface area contributed by atoms with Crippen LogP contribution in [-0.4, -0.2) is 42.6 Å². The lowest BCUT2D eigenvalue weighted by molar-refractivity contribution is -0.135. The van der Waals surface area contributed by atoms with Gasteiger partial charge in [-0.15, -0.1) is 0 Å². The highest BCUT2D eigenvalue weighted by atomic mass is 16.2. The van der Waals surface area contributed by atoms with Crippen molar-refractivity contribution in [2.24, 2.45) is 0 Å². The maximum absolute atomic E-state index is 13.8. The second-order valence-corrected chi connectivity index (χ2v) is 8.89. The van der Waals surface area contributed by atoms with E-state index in [0.29, 0.717) is 41.9 Å². The van der Waals surface area contributed by atoms with Gasteiger partial charge in [-0.2, -0.15) is 5.10 Å². The van der Waals surface area contributed by atoms with Crippen LogP contribution in [0.3, 0.4) is 0 Å². The normalized spacial score (nSPS) is 20.8. The molecule has 4 heterocycles. The van der Waals surface area contributed by atoms with Gasteiger partial charge in [0, 0.05) is 42.4 Å². The summed E-state index contributed by atoms with van der Waals surface area (Å²) in [5.41, 5.74) is 1.91. The Morgan fingerprint density at radius 1 is 1.16 bits per heavy atom. The average molecular weight is 434 g/mol. The number of carbonyl (C=O) groups excluding carboxylic acids is 1. The highest BCUT2D eigenvalue weighted by Gasteiger charge is 2.42. The molecule has 0 spiro atoms. The van der Waals surface area contributed by atoms with Gasteiger partial charge in [0.25, 0.3) is 11.1 Å². The van der Waals surface area contributed by atoms with E-state index in [1.54, 1.807) is 13.0 Å². The molecular formula is C24H27N5O3. The summed E-state index contributed by atoms with van der Waals surface area (Å²) in [4.78, 5) is 48.5. The Morgan fingerprint density at radius 2 is 1.84 bits per heavy atom. The Morgan fingerprint density at radius 3 is 2.56 bits per heavy atom. The number of aryl methyl sites for hydroxylation is 2. The monoisotopic (exact) mass is 433 g/mol. The maximum Gasteiger partial charge on any atom is 0.274 e. The predicted octanol–water partition coefficient (Wildman–Crippen LogP) is 2.07. The van der Waals surface area contributed by atoms with Crippen LogP contribution in [0, 0.1) is 6.92 Å². The van der Waals surface area contributed by atoms with E-state index in [9.17, 15) is 14.4 Å². The molecule has 0 saturated carbocycles. The van der Waals surface area contributed by atoms with Crippen molar-refractivity contribution >= 4 is 16.7 Å². The third kappa shape index (κ3) is 3.16. The van der Waals surface area contributed by atoms with Crippen molar-refractivity contribution in [1.82, 2.24) is 24.6 Å². The maximum atomic E-state index is 13.8. The fourth-order valence-electron chi connectivity index (χ4n) is 5.36. The molecule has 0 unspecified atom stereocenters. The third-order valence-corrected chi connectivity index (χ3v) is 6.94. The molecule has 1 N–H and O–H groups in total. The number of carbonyl (C=O) groups is 1. The number of fused-ring (bicyclic) bond motifs is 4. The van der Waals surface area contributed by atoms with Gasteiger partial charge in [0.2, 0.25) is 5.91 Å². The Bertz CT molecular complexity index is 1340. The summed E-state index contributed by atoms with van der Waals surface area (Å²) in [6.07, 6.45) is 2.89. The van der Waals surface area contributed by atoms with E-state index in [1.165, 1.54) is 4.68 Å². The van der Waals surface area contributed by atoms with Gasteiger partial charge in [-0.3, -0.25) is 14.4 Å². The van der Waals surface area contributed by atoms with Gasteiger partial charge in [0.1, 0.15) is 5.82 Å². The van der Waals surface area contributed by atoms with Gasteiger partial charge in [-0.05, 0) is 39.7 Å². The number of nitrogens with zero attached hydrogens (tertiary/aromatic N) is 4. The van der Waals surface area contributed by atoms with Crippen LogP contribution in [0.25, 0.3) is 10.8 Å². The Kier molecular flexibility index (Phi) is 4.95. The van der Waals surface area contributed by atoms with Crippen molar-refractivity contribution < 1.29 is 4.79 Å². The summed E-state index contributed by atoms with van der Waals surface area (Å²) in [7, 11) is 0. The van der Waals surface area contributed by atoms with Gasteiger partial charge >= 0.3 is 0 Å². The minimum absolute atomic E-state index is 0.00240. The predicted molar refractivity (Wildman–Crippen MR) is 121 cm³/mol. The van der Waals surface area contributed by atoms with Gasteiger partial charge in [0.15, 0.2) is 0 Å². The molecule has 5 rings (SSSR count). The number of aromatic amines is 1. The first kappa shape index (κ1) is 20.6. The Labute approximate surface area is 185 Å². The molecule has 3 aromatic rings. The average Bonchev–Trinajstić information content (AvgIpc) is 3.08. The molecule has 32 heavy (non-hydrogen) atoms. The van der Waals surface area contributed by atoms with Crippen LogP contribution in [0.15, 0.2) is 33.9 Å². The Hall–Kier alpha value is -3.29. The van der Waals surface area contributed by atoms with Crippen molar-refractivity contribution in [3.8, 4) is 0 Å². The van der Waals surface area contributed by atoms with Crippen LogP contribution in [0.5, 0.6) is 0 Å². The number of amides is 1. The van der Waals surface area contributed by atoms with Gasteiger partial charge in [-0.1, -0.05) is 18.2 Å². The van der Waals surface area contributed by atoms with Crippen LogP contribution in [0.2, 0.25) is 0 Å². The van der Waals surface area contributed by atoms with E-state index in [1.807, 2.05) is 36.9 Å². The molecule has 2 bridgehead atoms. The molecule has 8 nitrogen and oxygen atoms in total. The van der Waals surface area contributed by atoms with Gasteiger partial charge in [0.05, 0.1) is 22.7 Å². The molecule has 2 aliphatic rings. The zero-order valence-corrected chi connectivity index (χ0v) is 18.6. The van der Waals surface area contributed by atoms with Crippen molar-refractivity contribution in [2.45, 2.75) is 71.0 Å². The van der Waals surface area contributed by atoms with Crippen LogP contribution in [-0.2, 0) is 24.2 Å². The van der Waals surface area contributed by atoms with E-state index in [2.05, 4.69) is 15.1 Å². The number of aromatic nitrogens is 4. The van der Waals surface area contributed by atoms with Crippen LogP contribution >= 0.6 is 0 Å². The quantitative estimate of drug-likeness (QED) is 0.681. The molecule has 0 radical (unpaired) electrons. The molecule has 1 amide bonds. The number of hydrogen-bond donors (Lipinski definition) is 1. The molecule has 0 aliphatic carbocycles. The number of hydrogen-bond acceptors (Lipinski definition) is 5. The third-order valence-electron chi connectivity index (χ3n) is 6.94. The van der Waals surface area contributed by atoms with Crippen LogP contribution in [0.4, 0.5) is 0 Å². The first-order valence-corrected chi connectivity index (χ1v) is 11.3. The molecular weight excluding hydrogens is 406 g/mol. The zero-order valence-electron chi connectivity index (χ0n) is 18.6. The van der Waals surface area contributed by atoms with Crippen molar-refractivity contribution in [3.63, 3.8) is 0 Å². The molecule has 2 aromatic heterocycles. The molecule has 3 atom stereocenters. The molecule has 8 heteroatoms. The van der Waals surface area contributed by atoms with E-state index in [-0.39, 0.29) is 29.1 Å². The van der Waals surface area contributed by atoms with Crippen molar-refractivity contribution in [2.75, 3.05) is 0 Å². The summed E-state index contributed by atoms with van der Waals surface area (Å²) in [5.74, 6) is 0.100. The number of H-pyrrole nitrogens is 1. The van der Waals surface area contributed by atoms with Gasteiger partial charge < -0.3 is 9.88 Å². The fourth-order valence-corrected chi connectivity index (χ4v) is 5.36. The lowest BCUT2D eigenvalue weighted by atomic mass is 9.98. The zero-order chi connectivity index (χ0) is 22.6.